The van der Waals surface area contributed by atoms with Crippen LogP contribution in [0, 0.1) is 5.82 Å². The smallest absolute Gasteiger partial charge is 0.323 e. The SMILES string of the molecule is Nc1nccc2scc(-c3ccc(NC(=O)Nc4ccc(F)c(Cl)c4)cc3)c12. The van der Waals surface area contributed by atoms with Crippen molar-refractivity contribution in [3.05, 3.63) is 70.9 Å². The summed E-state index contributed by atoms with van der Waals surface area (Å²) in [4.78, 5) is 16.3. The van der Waals surface area contributed by atoms with Crippen molar-refractivity contribution in [1.82, 2.24) is 4.98 Å². The third kappa shape index (κ3) is 3.62. The van der Waals surface area contributed by atoms with Crippen molar-refractivity contribution >= 4 is 56.2 Å². The quantitative estimate of drug-likeness (QED) is 0.387. The molecule has 140 valence electrons. The molecule has 0 saturated heterocycles. The van der Waals surface area contributed by atoms with Gasteiger partial charge in [-0.2, -0.15) is 0 Å². The number of nitrogen functional groups attached to an aromatic ring is 1. The summed E-state index contributed by atoms with van der Waals surface area (Å²) < 4.78 is 14.3. The fourth-order valence-corrected chi connectivity index (χ4v) is 3.97. The predicted octanol–water partition coefficient (Wildman–Crippen LogP) is 5.98. The zero-order valence-corrected chi connectivity index (χ0v) is 15.9. The molecule has 2 aromatic heterocycles. The minimum absolute atomic E-state index is 0.0566. The maximum absolute atomic E-state index is 13.2. The van der Waals surface area contributed by atoms with Gasteiger partial charge < -0.3 is 16.4 Å². The number of urea groups is 1. The molecule has 0 spiro atoms. The van der Waals surface area contributed by atoms with Crippen LogP contribution >= 0.6 is 22.9 Å². The van der Waals surface area contributed by atoms with Gasteiger partial charge in [-0.25, -0.2) is 14.2 Å². The van der Waals surface area contributed by atoms with Gasteiger partial charge in [0.25, 0.3) is 0 Å². The molecule has 28 heavy (non-hydrogen) atoms. The van der Waals surface area contributed by atoms with Crippen molar-refractivity contribution < 1.29 is 9.18 Å². The lowest BCUT2D eigenvalue weighted by molar-refractivity contribution is 0.262. The number of halogens is 2. The number of rotatable bonds is 3. The molecular weight excluding hydrogens is 399 g/mol. The van der Waals surface area contributed by atoms with Gasteiger partial charge in [-0.1, -0.05) is 23.7 Å². The van der Waals surface area contributed by atoms with Crippen LogP contribution in [0.15, 0.2) is 60.1 Å². The van der Waals surface area contributed by atoms with Gasteiger partial charge in [-0.05, 0) is 47.3 Å². The number of hydrogen-bond acceptors (Lipinski definition) is 4. The van der Waals surface area contributed by atoms with Crippen LogP contribution in [0.1, 0.15) is 0 Å². The Hall–Kier alpha value is -3.16. The summed E-state index contributed by atoms with van der Waals surface area (Å²) in [7, 11) is 0. The molecule has 8 heteroatoms. The lowest BCUT2D eigenvalue weighted by atomic mass is 10.1. The molecular formula is C20H14ClFN4OS. The lowest BCUT2D eigenvalue weighted by Crippen LogP contribution is -2.19. The lowest BCUT2D eigenvalue weighted by Gasteiger charge is -2.09. The van der Waals surface area contributed by atoms with Crippen LogP contribution in [-0.2, 0) is 0 Å². The van der Waals surface area contributed by atoms with Crippen molar-refractivity contribution in [2.45, 2.75) is 0 Å². The number of carbonyl (C=O) groups excluding carboxylic acids is 1. The highest BCUT2D eigenvalue weighted by atomic mass is 35.5. The number of nitrogens with two attached hydrogens (primary N) is 1. The molecule has 0 atom stereocenters. The molecule has 0 fully saturated rings. The number of benzene rings is 2. The Morgan fingerprint density at radius 3 is 2.54 bits per heavy atom. The number of pyridine rings is 1. The molecule has 2 amide bonds. The van der Waals surface area contributed by atoms with E-state index in [4.69, 9.17) is 17.3 Å². The molecule has 0 bridgehead atoms. The van der Waals surface area contributed by atoms with E-state index in [1.807, 2.05) is 23.6 Å². The zero-order chi connectivity index (χ0) is 19.7. The number of carbonyl (C=O) groups is 1. The standard InChI is InChI=1S/C20H14ClFN4OS/c21-15-9-13(5-6-16(15)22)26-20(27)25-12-3-1-11(2-4-12)14-10-28-17-7-8-24-19(23)18(14)17/h1-10H,(H2,23,24)(H2,25,26,27). The second kappa shape index (κ2) is 7.46. The Bertz CT molecular complexity index is 1180. The fourth-order valence-electron chi connectivity index (χ4n) is 2.82. The minimum atomic E-state index is -0.542. The maximum atomic E-state index is 13.2. The van der Waals surface area contributed by atoms with E-state index in [9.17, 15) is 9.18 Å². The zero-order valence-electron chi connectivity index (χ0n) is 14.4. The number of thiophene rings is 1. The first-order valence-corrected chi connectivity index (χ1v) is 9.52. The Kier molecular flexibility index (Phi) is 4.85. The van der Waals surface area contributed by atoms with Gasteiger partial charge in [0, 0.05) is 33.2 Å². The van der Waals surface area contributed by atoms with E-state index in [-0.39, 0.29) is 5.02 Å². The monoisotopic (exact) mass is 412 g/mol. The van der Waals surface area contributed by atoms with Gasteiger partial charge in [0.15, 0.2) is 0 Å². The van der Waals surface area contributed by atoms with Crippen molar-refractivity contribution in [3.63, 3.8) is 0 Å². The second-order valence-corrected chi connectivity index (χ2v) is 7.32. The minimum Gasteiger partial charge on any atom is -0.383 e. The average molecular weight is 413 g/mol. The summed E-state index contributed by atoms with van der Waals surface area (Å²) in [6.45, 7) is 0. The number of anilines is 3. The normalized spacial score (nSPS) is 10.8. The first-order valence-electron chi connectivity index (χ1n) is 8.26. The second-order valence-electron chi connectivity index (χ2n) is 6.00. The molecule has 0 radical (unpaired) electrons. The van der Waals surface area contributed by atoms with Gasteiger partial charge in [0.1, 0.15) is 11.6 Å². The van der Waals surface area contributed by atoms with Gasteiger partial charge >= 0.3 is 6.03 Å². The number of fused-ring (bicyclic) bond motifs is 1. The Labute approximate surface area is 169 Å². The first-order chi connectivity index (χ1) is 13.5. The number of hydrogen-bond donors (Lipinski definition) is 3. The molecule has 4 aromatic rings. The summed E-state index contributed by atoms with van der Waals surface area (Å²) in [6, 6.07) is 12.8. The van der Waals surface area contributed by atoms with Gasteiger partial charge in [0.2, 0.25) is 0 Å². The summed E-state index contributed by atoms with van der Waals surface area (Å²) >= 11 is 7.32. The summed E-state index contributed by atoms with van der Waals surface area (Å²) in [5.41, 5.74) is 9.01. The van der Waals surface area contributed by atoms with Crippen LogP contribution < -0.4 is 16.4 Å². The van der Waals surface area contributed by atoms with Gasteiger partial charge in [-0.3, -0.25) is 0 Å². The van der Waals surface area contributed by atoms with E-state index < -0.39 is 11.8 Å². The molecule has 0 saturated carbocycles. The van der Waals surface area contributed by atoms with Gasteiger partial charge in [0.05, 0.1) is 5.02 Å². The third-order valence-electron chi connectivity index (χ3n) is 4.15. The van der Waals surface area contributed by atoms with Crippen molar-refractivity contribution in [1.29, 1.82) is 0 Å². The van der Waals surface area contributed by atoms with E-state index in [2.05, 4.69) is 15.6 Å². The van der Waals surface area contributed by atoms with Crippen LogP contribution in [0.2, 0.25) is 5.02 Å². The van der Waals surface area contributed by atoms with Crippen LogP contribution in [0.4, 0.5) is 26.4 Å². The van der Waals surface area contributed by atoms with Crippen LogP contribution in [0.3, 0.4) is 0 Å². The topological polar surface area (TPSA) is 80.0 Å². The molecule has 0 unspecified atom stereocenters. The molecule has 4 rings (SSSR count). The Morgan fingerprint density at radius 2 is 1.79 bits per heavy atom. The van der Waals surface area contributed by atoms with E-state index in [1.54, 1.807) is 29.7 Å². The first kappa shape index (κ1) is 18.2. The van der Waals surface area contributed by atoms with Crippen LogP contribution in [-0.4, -0.2) is 11.0 Å². The molecule has 0 aliphatic heterocycles. The molecule has 5 nitrogen and oxygen atoms in total. The highest BCUT2D eigenvalue weighted by Crippen LogP contribution is 2.36. The molecule has 4 N–H and O–H groups in total. The van der Waals surface area contributed by atoms with Gasteiger partial charge in [-0.15, -0.1) is 11.3 Å². The third-order valence-corrected chi connectivity index (χ3v) is 5.38. The molecule has 0 aliphatic carbocycles. The predicted molar refractivity (Wildman–Crippen MR) is 114 cm³/mol. The van der Waals surface area contributed by atoms with Crippen molar-refractivity contribution in [2.24, 2.45) is 0 Å². The van der Waals surface area contributed by atoms with Crippen LogP contribution in [0.5, 0.6) is 0 Å². The van der Waals surface area contributed by atoms with Crippen molar-refractivity contribution in [3.8, 4) is 11.1 Å². The van der Waals surface area contributed by atoms with Crippen molar-refractivity contribution in [2.75, 3.05) is 16.4 Å². The Balaban J connectivity index is 1.50. The number of amides is 2. The van der Waals surface area contributed by atoms with E-state index in [0.717, 1.165) is 21.2 Å². The number of nitrogens with zero attached hydrogens (tertiary/aromatic N) is 1. The summed E-state index contributed by atoms with van der Waals surface area (Å²) in [6.07, 6.45) is 1.69. The highest BCUT2D eigenvalue weighted by molar-refractivity contribution is 7.17. The maximum Gasteiger partial charge on any atom is 0.323 e. The number of nitrogens with one attached hydrogen (secondary N) is 2. The molecule has 2 aromatic carbocycles. The largest absolute Gasteiger partial charge is 0.383 e. The fraction of sp³-hybridized carbons (Fsp3) is 0. The highest BCUT2D eigenvalue weighted by Gasteiger charge is 2.11. The summed E-state index contributed by atoms with van der Waals surface area (Å²) in [5, 5.41) is 8.24. The van der Waals surface area contributed by atoms with E-state index in [0.29, 0.717) is 17.2 Å². The Morgan fingerprint density at radius 1 is 1.07 bits per heavy atom. The van der Waals surface area contributed by atoms with E-state index >= 15 is 0 Å². The van der Waals surface area contributed by atoms with Crippen LogP contribution in [0.25, 0.3) is 21.2 Å². The number of aromatic nitrogens is 1. The summed E-state index contributed by atoms with van der Waals surface area (Å²) in [5.74, 6) is -0.0479. The molecule has 0 aliphatic rings. The molecule has 2 heterocycles. The van der Waals surface area contributed by atoms with E-state index in [1.165, 1.54) is 18.2 Å². The average Bonchev–Trinajstić information content (AvgIpc) is 3.11.